The van der Waals surface area contributed by atoms with E-state index in [-0.39, 0.29) is 2.85 Å². The number of aliphatic imine (C=N–C) groups is 2. The number of H-pyrrole nitrogens is 2. The Morgan fingerprint density at radius 2 is 1.24 bits per heavy atom. The van der Waals surface area contributed by atoms with E-state index < -0.39 is 0 Å². The second-order valence-corrected chi connectivity index (χ2v) is 8.79. The van der Waals surface area contributed by atoms with Gasteiger partial charge in [0.15, 0.2) is 0 Å². The van der Waals surface area contributed by atoms with Crippen molar-refractivity contribution in [3.63, 3.8) is 0 Å². The fourth-order valence-electron chi connectivity index (χ4n) is 5.31. The number of hydrogen-bond acceptors (Lipinski definition) is 4. The van der Waals surface area contributed by atoms with E-state index in [0.29, 0.717) is 0 Å². The van der Waals surface area contributed by atoms with Gasteiger partial charge < -0.3 is 19.4 Å². The third-order valence-corrected chi connectivity index (χ3v) is 6.96. The number of nitrogens with zero attached hydrogens (tertiary/aromatic N) is 2. The van der Waals surface area contributed by atoms with Crippen LogP contribution in [0.3, 0.4) is 0 Å². The van der Waals surface area contributed by atoms with Crippen LogP contribution in [-0.4, -0.2) is 48.7 Å². The van der Waals surface area contributed by atoms with Crippen LogP contribution in [0.4, 0.5) is 0 Å². The molecule has 33 heavy (non-hydrogen) atoms. The first kappa shape index (κ1) is 20.1. The molecule has 6 rings (SSSR count). The molecule has 2 aliphatic heterocycles. The highest BCUT2D eigenvalue weighted by molar-refractivity contribution is 6.08. The molecule has 0 radical (unpaired) electrons. The standard InChI is InChI=1S/C27H28N4O2.2H2/c1-32-16-6-8-22-20(14-16)18-10-12-28-24(26(18)30-22)4-3-5-25-27-19(11-13-29-25)21-15-17(33-2)7-9-23(21)31-27;;/h6-9,14-15,30-31H,3-5,10-13H2,1-2H3;2*1H. The van der Waals surface area contributed by atoms with Crippen LogP contribution < -0.4 is 9.47 Å². The van der Waals surface area contributed by atoms with Crippen LogP contribution in [0, 0.1) is 0 Å². The van der Waals surface area contributed by atoms with Crippen LogP contribution in [0.25, 0.3) is 21.8 Å². The lowest BCUT2D eigenvalue weighted by molar-refractivity contribution is 0.415. The van der Waals surface area contributed by atoms with Crippen LogP contribution in [-0.2, 0) is 12.8 Å². The van der Waals surface area contributed by atoms with Gasteiger partial charge in [-0.3, -0.25) is 9.98 Å². The molecule has 4 heterocycles. The first-order valence-corrected chi connectivity index (χ1v) is 11.7. The Morgan fingerprint density at radius 1 is 0.758 bits per heavy atom. The molecule has 2 aliphatic rings. The largest absolute Gasteiger partial charge is 0.497 e. The Kier molecular flexibility index (Phi) is 4.93. The summed E-state index contributed by atoms with van der Waals surface area (Å²) in [6, 6.07) is 12.5. The molecule has 0 amide bonds. The summed E-state index contributed by atoms with van der Waals surface area (Å²) in [6.07, 6.45) is 4.85. The molecule has 0 saturated heterocycles. The fraction of sp³-hybridized carbons (Fsp3) is 0.333. The molecule has 2 N–H and O–H groups in total. The zero-order chi connectivity index (χ0) is 22.4. The molecule has 0 spiro atoms. The van der Waals surface area contributed by atoms with Gasteiger partial charge in [0.1, 0.15) is 11.5 Å². The van der Waals surface area contributed by atoms with Crippen molar-refractivity contribution in [2.45, 2.75) is 32.1 Å². The van der Waals surface area contributed by atoms with Gasteiger partial charge in [0.25, 0.3) is 0 Å². The number of fused-ring (bicyclic) bond motifs is 6. The molecule has 2 aromatic carbocycles. The lowest BCUT2D eigenvalue weighted by Crippen LogP contribution is -2.15. The molecule has 0 bridgehead atoms. The van der Waals surface area contributed by atoms with E-state index >= 15 is 0 Å². The fourth-order valence-corrected chi connectivity index (χ4v) is 5.31. The van der Waals surface area contributed by atoms with E-state index in [1.165, 1.54) is 44.7 Å². The van der Waals surface area contributed by atoms with E-state index in [4.69, 9.17) is 19.5 Å². The van der Waals surface area contributed by atoms with Gasteiger partial charge in [-0.1, -0.05) is 0 Å². The minimum atomic E-state index is 0. The Labute approximate surface area is 195 Å². The maximum Gasteiger partial charge on any atom is 0.119 e. The van der Waals surface area contributed by atoms with Crippen LogP contribution >= 0.6 is 0 Å². The number of hydrogen-bond donors (Lipinski definition) is 2. The maximum absolute atomic E-state index is 5.44. The summed E-state index contributed by atoms with van der Waals surface area (Å²) < 4.78 is 10.9. The van der Waals surface area contributed by atoms with Crippen molar-refractivity contribution in [3.05, 3.63) is 58.9 Å². The molecule has 0 saturated carbocycles. The van der Waals surface area contributed by atoms with Gasteiger partial charge in [-0.25, -0.2) is 0 Å². The molecular weight excluding hydrogens is 412 g/mol. The summed E-state index contributed by atoms with van der Waals surface area (Å²) in [7, 11) is 3.44. The quantitative estimate of drug-likeness (QED) is 0.399. The molecule has 172 valence electrons. The Bertz CT molecular complexity index is 1330. The van der Waals surface area contributed by atoms with Crippen LogP contribution in [0.2, 0.25) is 0 Å². The van der Waals surface area contributed by atoms with E-state index in [2.05, 4.69) is 34.2 Å². The van der Waals surface area contributed by atoms with E-state index in [1.54, 1.807) is 14.2 Å². The van der Waals surface area contributed by atoms with Crippen LogP contribution in [0.15, 0.2) is 46.4 Å². The van der Waals surface area contributed by atoms with Gasteiger partial charge in [-0.15, -0.1) is 0 Å². The highest BCUT2D eigenvalue weighted by Gasteiger charge is 2.22. The minimum Gasteiger partial charge on any atom is -0.497 e. The Morgan fingerprint density at radius 3 is 1.70 bits per heavy atom. The maximum atomic E-state index is 5.44. The molecule has 0 atom stereocenters. The van der Waals surface area contributed by atoms with E-state index in [0.717, 1.165) is 67.7 Å². The monoisotopic (exact) mass is 444 g/mol. The molecule has 6 heteroatoms. The minimum absolute atomic E-state index is 0. The number of nitrogens with one attached hydrogen (secondary N) is 2. The molecule has 0 aliphatic carbocycles. The topological polar surface area (TPSA) is 74.8 Å². The summed E-state index contributed by atoms with van der Waals surface area (Å²) >= 11 is 0. The molecule has 0 unspecified atom stereocenters. The number of benzene rings is 2. The van der Waals surface area contributed by atoms with Crippen molar-refractivity contribution in [3.8, 4) is 11.5 Å². The van der Waals surface area contributed by atoms with Crippen molar-refractivity contribution >= 4 is 33.2 Å². The first-order valence-electron chi connectivity index (χ1n) is 11.7. The van der Waals surface area contributed by atoms with Gasteiger partial charge in [0.2, 0.25) is 0 Å². The predicted octanol–water partition coefficient (Wildman–Crippen LogP) is 5.72. The van der Waals surface area contributed by atoms with Gasteiger partial charge in [0, 0.05) is 37.7 Å². The van der Waals surface area contributed by atoms with Crippen molar-refractivity contribution < 1.29 is 12.3 Å². The van der Waals surface area contributed by atoms with Crippen molar-refractivity contribution in [1.29, 1.82) is 0 Å². The smallest absolute Gasteiger partial charge is 0.119 e. The molecule has 4 aromatic rings. The number of aromatic amines is 2. The second-order valence-electron chi connectivity index (χ2n) is 8.79. The van der Waals surface area contributed by atoms with Gasteiger partial charge >= 0.3 is 0 Å². The number of ether oxygens (including phenoxy) is 2. The van der Waals surface area contributed by atoms with Gasteiger partial charge in [-0.2, -0.15) is 0 Å². The SMILES string of the molecule is COc1ccc2[nH]c3c(c2c1)CCN=C3CCCC1=NCCc2c1[nH]c1ccc(OC)cc21.[HH].[HH]. The molecule has 2 aromatic heterocycles. The first-order chi connectivity index (χ1) is 16.2. The number of aromatic nitrogens is 2. The lowest BCUT2D eigenvalue weighted by atomic mass is 9.96. The van der Waals surface area contributed by atoms with Crippen molar-refractivity contribution in [1.82, 2.24) is 9.97 Å². The normalized spacial score (nSPS) is 15.2. The van der Waals surface area contributed by atoms with E-state index in [1.807, 2.05) is 12.1 Å². The number of methoxy groups -OCH3 is 2. The van der Waals surface area contributed by atoms with Crippen molar-refractivity contribution in [2.75, 3.05) is 27.3 Å². The van der Waals surface area contributed by atoms with Crippen LogP contribution in [0.5, 0.6) is 11.5 Å². The number of rotatable bonds is 6. The predicted molar refractivity (Wildman–Crippen MR) is 138 cm³/mol. The Hall–Kier alpha value is -3.54. The molecule has 6 nitrogen and oxygen atoms in total. The highest BCUT2D eigenvalue weighted by atomic mass is 16.5. The third kappa shape index (κ3) is 3.41. The van der Waals surface area contributed by atoms with E-state index in [9.17, 15) is 0 Å². The highest BCUT2D eigenvalue weighted by Crippen LogP contribution is 2.32. The lowest BCUT2D eigenvalue weighted by Gasteiger charge is -2.16. The zero-order valence-corrected chi connectivity index (χ0v) is 19.1. The zero-order valence-electron chi connectivity index (χ0n) is 19.1. The van der Waals surface area contributed by atoms with Crippen LogP contribution in [0.1, 0.15) is 44.6 Å². The summed E-state index contributed by atoms with van der Waals surface area (Å²) in [5.41, 5.74) is 9.83. The molecular formula is C27H32N4O2. The van der Waals surface area contributed by atoms with Gasteiger partial charge in [-0.05, 0) is 79.6 Å². The second kappa shape index (κ2) is 8.10. The summed E-state index contributed by atoms with van der Waals surface area (Å²) in [5, 5.41) is 2.51. The average Bonchev–Trinajstić information content (AvgIpc) is 3.42. The summed E-state index contributed by atoms with van der Waals surface area (Å²) in [4.78, 5) is 17.0. The third-order valence-electron chi connectivity index (χ3n) is 6.96. The van der Waals surface area contributed by atoms with Gasteiger partial charge in [0.05, 0.1) is 37.0 Å². The Balaban J connectivity index is 0.00000144. The average molecular weight is 445 g/mol. The molecule has 0 fully saturated rings. The summed E-state index contributed by atoms with van der Waals surface area (Å²) in [5.74, 6) is 1.80. The van der Waals surface area contributed by atoms with Crippen molar-refractivity contribution in [2.24, 2.45) is 9.98 Å². The summed E-state index contributed by atoms with van der Waals surface area (Å²) in [6.45, 7) is 1.70.